The minimum absolute atomic E-state index is 0.953. The molecule has 2 aromatic carbocycles. The van der Waals surface area contributed by atoms with Crippen LogP contribution >= 0.6 is 0 Å². The maximum atomic E-state index is 4.56. The van der Waals surface area contributed by atoms with Crippen LogP contribution in [0.4, 0.5) is 0 Å². The van der Waals surface area contributed by atoms with Gasteiger partial charge in [0.15, 0.2) is 0 Å². The van der Waals surface area contributed by atoms with Gasteiger partial charge in [-0.3, -0.25) is 0 Å². The summed E-state index contributed by atoms with van der Waals surface area (Å²) in [6.07, 6.45) is 5.32. The number of rotatable bonds is 3. The number of nitrogens with zero attached hydrogens (tertiary/aromatic N) is 3. The van der Waals surface area contributed by atoms with Gasteiger partial charge in [-0.05, 0) is 0 Å². The minimum atomic E-state index is -1.80. The molecule has 0 radical (unpaired) electrons. The molecule has 0 bridgehead atoms. The predicted octanol–water partition coefficient (Wildman–Crippen LogP) is 4.90. The van der Waals surface area contributed by atoms with Crippen LogP contribution < -0.4 is 4.40 Å². The quantitative estimate of drug-likeness (QED) is 0.459. The second kappa shape index (κ2) is 6.65. The van der Waals surface area contributed by atoms with E-state index in [2.05, 4.69) is 80.8 Å². The molecule has 4 aromatic rings. The van der Waals surface area contributed by atoms with Crippen molar-refractivity contribution < 1.29 is 0 Å². The van der Waals surface area contributed by atoms with Gasteiger partial charge in [-0.2, -0.15) is 0 Å². The molecule has 0 saturated carbocycles. The molecular formula is C22H21GeN3. The Hall–Kier alpha value is -2.53. The van der Waals surface area contributed by atoms with Gasteiger partial charge in [0.2, 0.25) is 0 Å². The van der Waals surface area contributed by atoms with Crippen LogP contribution in [0.3, 0.4) is 0 Å². The molecule has 2 heterocycles. The average molecular weight is 400 g/mol. The van der Waals surface area contributed by atoms with Gasteiger partial charge in [0.1, 0.15) is 0 Å². The molecule has 0 unspecified atom stereocenters. The van der Waals surface area contributed by atoms with Crippen molar-refractivity contribution in [3.8, 4) is 22.4 Å². The van der Waals surface area contributed by atoms with Gasteiger partial charge < -0.3 is 0 Å². The Labute approximate surface area is 156 Å². The number of hydrogen-bond acceptors (Lipinski definition) is 3. The third-order valence-electron chi connectivity index (χ3n) is 4.66. The zero-order valence-electron chi connectivity index (χ0n) is 15.3. The Morgan fingerprint density at radius 2 is 1.54 bits per heavy atom. The Kier molecular flexibility index (Phi) is 4.33. The summed E-state index contributed by atoms with van der Waals surface area (Å²) in [6.45, 7) is 0. The molecule has 0 aliphatic carbocycles. The molecule has 4 heteroatoms. The van der Waals surface area contributed by atoms with E-state index in [1.54, 1.807) is 12.5 Å². The van der Waals surface area contributed by atoms with Gasteiger partial charge in [-0.25, -0.2) is 0 Å². The normalized spacial score (nSPS) is 11.7. The third kappa shape index (κ3) is 3.27. The van der Waals surface area contributed by atoms with E-state index in [4.69, 9.17) is 0 Å². The summed E-state index contributed by atoms with van der Waals surface area (Å²) < 4.78 is 1.51. The van der Waals surface area contributed by atoms with E-state index in [0.29, 0.717) is 0 Å². The van der Waals surface area contributed by atoms with E-state index in [0.717, 1.165) is 33.3 Å². The Morgan fingerprint density at radius 3 is 2.23 bits per heavy atom. The SMILES string of the molecule is [CH3][Ge]([CH3])([CH3])[c]1ccc(-c2ncnc3cc(-c4cccnc4)ccc23)cc1. The Balaban J connectivity index is 1.79. The van der Waals surface area contributed by atoms with E-state index >= 15 is 0 Å². The second-order valence-electron chi connectivity index (χ2n) is 7.52. The summed E-state index contributed by atoms with van der Waals surface area (Å²) in [5.74, 6) is 7.24. The third-order valence-corrected chi connectivity index (χ3v) is 8.99. The zero-order valence-corrected chi connectivity index (χ0v) is 17.4. The summed E-state index contributed by atoms with van der Waals surface area (Å²) in [6, 6.07) is 19.3. The van der Waals surface area contributed by atoms with Gasteiger partial charge >= 0.3 is 150 Å². The van der Waals surface area contributed by atoms with Crippen LogP contribution in [0.25, 0.3) is 33.3 Å². The first-order chi connectivity index (χ1) is 12.5. The second-order valence-corrected chi connectivity index (χ2v) is 18.2. The molecular weight excluding hydrogens is 379 g/mol. The predicted molar refractivity (Wildman–Crippen MR) is 111 cm³/mol. The molecule has 26 heavy (non-hydrogen) atoms. The molecule has 0 saturated heterocycles. The van der Waals surface area contributed by atoms with Crippen molar-refractivity contribution in [1.82, 2.24) is 15.0 Å². The summed E-state index contributed by atoms with van der Waals surface area (Å²) in [5, 5.41) is 1.07. The van der Waals surface area contributed by atoms with Crippen molar-refractivity contribution in [1.29, 1.82) is 0 Å². The molecule has 0 spiro atoms. The van der Waals surface area contributed by atoms with Gasteiger partial charge in [0.05, 0.1) is 0 Å². The van der Waals surface area contributed by atoms with Crippen molar-refractivity contribution in [2.24, 2.45) is 0 Å². The van der Waals surface area contributed by atoms with E-state index in [1.807, 2.05) is 12.3 Å². The molecule has 0 atom stereocenters. The first kappa shape index (κ1) is 16.9. The summed E-state index contributed by atoms with van der Waals surface area (Å²) in [5.41, 5.74) is 5.29. The van der Waals surface area contributed by atoms with E-state index in [1.165, 1.54) is 4.40 Å². The number of pyridine rings is 1. The first-order valence-corrected chi connectivity index (χ1v) is 16.1. The molecule has 0 fully saturated rings. The molecule has 0 N–H and O–H groups in total. The topological polar surface area (TPSA) is 38.7 Å². The van der Waals surface area contributed by atoms with Gasteiger partial charge in [0, 0.05) is 6.20 Å². The standard InChI is InChI=1S/C22H21GeN3/c1-23(2,3)19-9-6-16(7-10-19)22-20-11-8-17(13-21(20)25-15-26-22)18-5-4-12-24-14-18/h4-15H,1-3H3. The van der Waals surface area contributed by atoms with E-state index in [9.17, 15) is 0 Å². The van der Waals surface area contributed by atoms with E-state index in [-0.39, 0.29) is 0 Å². The number of fused-ring (bicyclic) bond motifs is 1. The van der Waals surface area contributed by atoms with Gasteiger partial charge in [-0.1, -0.05) is 0 Å². The number of hydrogen-bond donors (Lipinski definition) is 0. The van der Waals surface area contributed by atoms with Gasteiger partial charge in [0.25, 0.3) is 0 Å². The zero-order chi connectivity index (χ0) is 18.1. The van der Waals surface area contributed by atoms with Crippen LogP contribution in [0.2, 0.25) is 17.3 Å². The molecule has 0 amide bonds. The van der Waals surface area contributed by atoms with Crippen molar-refractivity contribution in [3.63, 3.8) is 0 Å². The monoisotopic (exact) mass is 401 g/mol. The van der Waals surface area contributed by atoms with Crippen molar-refractivity contribution >= 4 is 28.6 Å². The van der Waals surface area contributed by atoms with Crippen LogP contribution in [0.5, 0.6) is 0 Å². The summed E-state index contributed by atoms with van der Waals surface area (Å²) in [7, 11) is 0. The number of benzene rings is 2. The van der Waals surface area contributed by atoms with Crippen LogP contribution in [0, 0.1) is 0 Å². The van der Waals surface area contributed by atoms with Crippen LogP contribution in [-0.4, -0.2) is 28.2 Å². The molecule has 0 aliphatic rings. The van der Waals surface area contributed by atoms with E-state index < -0.39 is 13.3 Å². The Bertz CT molecular complexity index is 1050. The van der Waals surface area contributed by atoms with Crippen LogP contribution in [0.15, 0.2) is 73.3 Å². The summed E-state index contributed by atoms with van der Waals surface area (Å²) >= 11 is -1.80. The fraction of sp³-hybridized carbons (Fsp3) is 0.136. The Morgan fingerprint density at radius 1 is 0.769 bits per heavy atom. The average Bonchev–Trinajstić information content (AvgIpc) is 2.67. The van der Waals surface area contributed by atoms with Crippen molar-refractivity contribution in [3.05, 3.63) is 73.3 Å². The molecule has 4 rings (SSSR count). The first-order valence-electron chi connectivity index (χ1n) is 8.78. The molecule has 0 aliphatic heterocycles. The van der Waals surface area contributed by atoms with Crippen LogP contribution in [0.1, 0.15) is 0 Å². The van der Waals surface area contributed by atoms with Gasteiger partial charge in [-0.15, -0.1) is 0 Å². The summed E-state index contributed by atoms with van der Waals surface area (Å²) in [4.78, 5) is 13.3. The van der Waals surface area contributed by atoms with Crippen LogP contribution in [-0.2, 0) is 0 Å². The molecule has 2 aromatic heterocycles. The number of aromatic nitrogens is 3. The molecule has 3 nitrogen and oxygen atoms in total. The van der Waals surface area contributed by atoms with Crippen molar-refractivity contribution in [2.75, 3.05) is 0 Å². The fourth-order valence-electron chi connectivity index (χ4n) is 3.13. The maximum absolute atomic E-state index is 4.56. The molecule has 128 valence electrons. The fourth-order valence-corrected chi connectivity index (χ4v) is 5.58. The van der Waals surface area contributed by atoms with Crippen molar-refractivity contribution in [2.45, 2.75) is 17.3 Å².